The highest BCUT2D eigenvalue weighted by Crippen LogP contribution is 2.29. The zero-order chi connectivity index (χ0) is 25.5. The monoisotopic (exact) mass is 558 g/mol. The van der Waals surface area contributed by atoms with Crippen molar-refractivity contribution in [2.45, 2.75) is 52.1 Å². The Kier molecular flexibility index (Phi) is 11.6. The Morgan fingerprint density at radius 3 is 2.45 bits per heavy atom. The van der Waals surface area contributed by atoms with Crippen LogP contribution in [0.4, 0.5) is 5.82 Å². The van der Waals surface area contributed by atoms with Gasteiger partial charge in [0.15, 0.2) is 11.8 Å². The molecule has 0 saturated carbocycles. The van der Waals surface area contributed by atoms with E-state index in [1.807, 2.05) is 30.3 Å². The van der Waals surface area contributed by atoms with Crippen LogP contribution in [-0.4, -0.2) is 32.9 Å². The number of fused-ring (bicyclic) bond motifs is 3. The lowest BCUT2D eigenvalue weighted by atomic mass is 10.1. The number of benzene rings is 2. The number of aryl methyl sites for hydroxylation is 2. The molecule has 38 heavy (non-hydrogen) atoms. The molecular weight excluding hydrogens is 523 g/mol. The Labute approximate surface area is 235 Å². The van der Waals surface area contributed by atoms with E-state index in [9.17, 15) is 4.79 Å². The molecule has 4 aromatic rings. The Morgan fingerprint density at radius 2 is 1.74 bits per heavy atom. The van der Waals surface area contributed by atoms with Crippen molar-refractivity contribution < 1.29 is 4.79 Å². The van der Waals surface area contributed by atoms with Crippen molar-refractivity contribution >= 4 is 64.4 Å². The molecule has 2 aromatic heterocycles. The number of unbranched alkanes of at least 4 members (excludes halogenated alkanes) is 2. The third-order valence-electron chi connectivity index (χ3n) is 6.20. The number of nitrogen functional groups attached to an aromatic ring is 1. The highest BCUT2D eigenvalue weighted by Gasteiger charge is 2.17. The molecule has 7 N–H and O–H groups in total. The van der Waals surface area contributed by atoms with E-state index in [1.165, 1.54) is 0 Å². The summed E-state index contributed by atoms with van der Waals surface area (Å²) >= 11 is 0. The summed E-state index contributed by atoms with van der Waals surface area (Å²) in [6, 6.07) is 15.3. The summed E-state index contributed by atoms with van der Waals surface area (Å²) in [6.45, 7) is 3.97. The van der Waals surface area contributed by atoms with E-state index in [2.05, 4.69) is 32.9 Å². The molecule has 0 unspecified atom stereocenters. The van der Waals surface area contributed by atoms with Gasteiger partial charge in [0.05, 0.1) is 17.6 Å². The lowest BCUT2D eigenvalue weighted by Gasteiger charge is -2.11. The number of para-hydroxylation sites is 1. The fraction of sp³-hybridized carbons (Fsp3) is 0.333. The number of carbonyl (C=O) groups is 1. The van der Waals surface area contributed by atoms with E-state index in [1.54, 1.807) is 12.1 Å². The van der Waals surface area contributed by atoms with Gasteiger partial charge in [-0.3, -0.25) is 4.79 Å². The molecule has 0 spiro atoms. The van der Waals surface area contributed by atoms with Gasteiger partial charge in [-0.05, 0) is 43.0 Å². The molecule has 0 fully saturated rings. The molecule has 1 amide bonds. The number of carbonyl (C=O) groups excluding carboxylic acids is 1. The summed E-state index contributed by atoms with van der Waals surface area (Å²) in [7, 11) is 0. The Bertz CT molecular complexity index is 1380. The zero-order valence-corrected chi connectivity index (χ0v) is 23.2. The van der Waals surface area contributed by atoms with E-state index in [0.29, 0.717) is 24.5 Å². The summed E-state index contributed by atoms with van der Waals surface area (Å²) in [5.74, 6) is 1.47. The lowest BCUT2D eigenvalue weighted by Crippen LogP contribution is -2.24. The van der Waals surface area contributed by atoms with Gasteiger partial charge in [-0.25, -0.2) is 15.0 Å². The van der Waals surface area contributed by atoms with E-state index in [-0.39, 0.29) is 36.7 Å². The maximum absolute atomic E-state index is 12.5. The number of halogens is 2. The normalized spacial score (nSPS) is 10.6. The van der Waals surface area contributed by atoms with Crippen molar-refractivity contribution in [2.75, 3.05) is 12.3 Å². The van der Waals surface area contributed by atoms with Gasteiger partial charge < -0.3 is 27.1 Å². The second-order valence-corrected chi connectivity index (χ2v) is 8.90. The smallest absolute Gasteiger partial charge is 0.251 e. The van der Waals surface area contributed by atoms with E-state index < -0.39 is 0 Å². The average molecular weight is 560 g/mol. The highest BCUT2D eigenvalue weighted by atomic mass is 35.5. The SMILES string of the molecule is CCCCc1nc2c(N)nc3ccccc3c2n1CCCCNC(=O)c1ccc(CN=C(N)N)cc1.Cl.Cl. The first-order valence-corrected chi connectivity index (χ1v) is 12.4. The molecular formula is C27H36Cl2N8O. The van der Waals surface area contributed by atoms with Crippen LogP contribution in [0.5, 0.6) is 0 Å². The average Bonchev–Trinajstić information content (AvgIpc) is 3.25. The molecule has 0 aliphatic carbocycles. The van der Waals surface area contributed by atoms with Gasteiger partial charge in [-0.15, -0.1) is 24.8 Å². The number of rotatable bonds is 11. The van der Waals surface area contributed by atoms with E-state index in [0.717, 1.165) is 72.0 Å². The highest BCUT2D eigenvalue weighted by molar-refractivity contribution is 6.06. The van der Waals surface area contributed by atoms with Gasteiger partial charge in [-0.1, -0.05) is 43.7 Å². The minimum atomic E-state index is -0.0926. The molecule has 2 heterocycles. The number of aromatic nitrogens is 3. The molecule has 4 rings (SSSR count). The number of aliphatic imine (C=N–C) groups is 1. The molecule has 0 bridgehead atoms. The van der Waals surface area contributed by atoms with Gasteiger partial charge in [0.2, 0.25) is 0 Å². The second-order valence-electron chi connectivity index (χ2n) is 8.90. The Hall–Kier alpha value is -3.56. The quantitative estimate of drug-likeness (QED) is 0.122. The van der Waals surface area contributed by atoms with E-state index >= 15 is 0 Å². The van der Waals surface area contributed by atoms with Crippen molar-refractivity contribution in [3.8, 4) is 0 Å². The van der Waals surface area contributed by atoms with Crippen molar-refractivity contribution in [2.24, 2.45) is 16.5 Å². The van der Waals surface area contributed by atoms with Crippen LogP contribution < -0.4 is 22.5 Å². The summed E-state index contributed by atoms with van der Waals surface area (Å²) in [6.07, 6.45) is 4.81. The summed E-state index contributed by atoms with van der Waals surface area (Å²) < 4.78 is 2.29. The number of guanidine groups is 1. The predicted molar refractivity (Wildman–Crippen MR) is 160 cm³/mol. The number of amides is 1. The second kappa shape index (κ2) is 14.4. The van der Waals surface area contributed by atoms with Crippen LogP contribution in [0.3, 0.4) is 0 Å². The van der Waals surface area contributed by atoms with Crippen LogP contribution in [0, 0.1) is 0 Å². The maximum Gasteiger partial charge on any atom is 0.251 e. The summed E-state index contributed by atoms with van der Waals surface area (Å²) in [5.41, 5.74) is 21.3. The topological polar surface area (TPSA) is 150 Å². The molecule has 0 radical (unpaired) electrons. The molecule has 0 atom stereocenters. The number of nitrogens with one attached hydrogen (secondary N) is 1. The first-order valence-electron chi connectivity index (χ1n) is 12.4. The van der Waals surface area contributed by atoms with Gasteiger partial charge in [0.25, 0.3) is 5.91 Å². The number of hydrogen-bond donors (Lipinski definition) is 4. The van der Waals surface area contributed by atoms with Crippen molar-refractivity contribution in [3.63, 3.8) is 0 Å². The lowest BCUT2D eigenvalue weighted by molar-refractivity contribution is 0.0953. The van der Waals surface area contributed by atoms with Crippen molar-refractivity contribution in [1.29, 1.82) is 0 Å². The third-order valence-corrected chi connectivity index (χ3v) is 6.20. The van der Waals surface area contributed by atoms with Crippen LogP contribution in [0.15, 0.2) is 53.5 Å². The molecule has 0 aliphatic rings. The van der Waals surface area contributed by atoms with Gasteiger partial charge >= 0.3 is 0 Å². The largest absolute Gasteiger partial charge is 0.382 e. The molecule has 2 aromatic carbocycles. The number of hydrogen-bond acceptors (Lipinski definition) is 5. The third kappa shape index (κ3) is 7.26. The van der Waals surface area contributed by atoms with Crippen LogP contribution >= 0.6 is 24.8 Å². The molecule has 204 valence electrons. The number of nitrogens with two attached hydrogens (primary N) is 3. The maximum atomic E-state index is 12.5. The van der Waals surface area contributed by atoms with Gasteiger partial charge in [0, 0.05) is 30.5 Å². The zero-order valence-electron chi connectivity index (χ0n) is 21.5. The number of nitrogens with zero attached hydrogens (tertiary/aromatic N) is 4. The van der Waals surface area contributed by atoms with Gasteiger partial charge in [0.1, 0.15) is 11.3 Å². The van der Waals surface area contributed by atoms with Crippen LogP contribution in [-0.2, 0) is 19.5 Å². The summed E-state index contributed by atoms with van der Waals surface area (Å²) in [4.78, 5) is 25.9. The van der Waals surface area contributed by atoms with Crippen molar-refractivity contribution in [3.05, 3.63) is 65.5 Å². The standard InChI is InChI=1S/C27H34N8O.2ClH/c1-2-3-10-22-34-23-24(20-8-4-5-9-21(20)33-25(23)28)35(22)16-7-6-15-31-26(36)19-13-11-18(12-14-19)17-32-27(29)30;;/h4-5,8-9,11-14H,2-3,6-7,10,15-17H2,1H3,(H2,28,33)(H,31,36)(H4,29,30,32);2*1H. The van der Waals surface area contributed by atoms with E-state index in [4.69, 9.17) is 22.2 Å². The number of anilines is 1. The fourth-order valence-corrected chi connectivity index (χ4v) is 4.31. The number of imidazole rings is 1. The minimum absolute atomic E-state index is 0. The van der Waals surface area contributed by atoms with Gasteiger partial charge in [-0.2, -0.15) is 0 Å². The minimum Gasteiger partial charge on any atom is -0.382 e. The number of pyridine rings is 1. The predicted octanol–water partition coefficient (Wildman–Crippen LogP) is 4.34. The van der Waals surface area contributed by atoms with Crippen LogP contribution in [0.25, 0.3) is 21.9 Å². The fourth-order valence-electron chi connectivity index (χ4n) is 4.31. The first-order chi connectivity index (χ1) is 17.5. The molecule has 9 nitrogen and oxygen atoms in total. The Morgan fingerprint density at radius 1 is 1.00 bits per heavy atom. The first kappa shape index (κ1) is 30.7. The molecule has 0 saturated heterocycles. The molecule has 0 aliphatic heterocycles. The van der Waals surface area contributed by atoms with Crippen molar-refractivity contribution in [1.82, 2.24) is 19.9 Å². The molecule has 11 heteroatoms. The Balaban J connectivity index is 0.00000253. The van der Waals surface area contributed by atoms with Crippen LogP contribution in [0.1, 0.15) is 54.4 Å². The van der Waals surface area contributed by atoms with Crippen LogP contribution in [0.2, 0.25) is 0 Å². The summed E-state index contributed by atoms with van der Waals surface area (Å²) in [5, 5.41) is 4.08.